The number of hydrogen-bond donors (Lipinski definition) is 0. The third-order valence-electron chi connectivity index (χ3n) is 2.92. The van der Waals surface area contributed by atoms with E-state index in [0.717, 1.165) is 16.7 Å². The molecular formula is C14H15NO3. The molecule has 0 saturated carbocycles. The Balaban J connectivity index is 1.74. The molecule has 0 unspecified atom stereocenters. The number of hydrogen-bond acceptors (Lipinski definition) is 4. The van der Waals surface area contributed by atoms with E-state index in [1.807, 2.05) is 30.3 Å². The molecule has 0 spiro atoms. The van der Waals surface area contributed by atoms with Gasteiger partial charge in [-0.1, -0.05) is 6.07 Å². The molecule has 4 nitrogen and oxygen atoms in total. The van der Waals surface area contributed by atoms with Gasteiger partial charge in [0.25, 0.3) is 0 Å². The second kappa shape index (κ2) is 5.33. The van der Waals surface area contributed by atoms with Crippen molar-refractivity contribution >= 4 is 10.9 Å². The first-order valence-electron chi connectivity index (χ1n) is 6.09. The molecule has 1 aliphatic rings. The monoisotopic (exact) mass is 245 g/mol. The summed E-state index contributed by atoms with van der Waals surface area (Å²) in [4.78, 5) is 4.30. The molecule has 0 amide bonds. The molecule has 18 heavy (non-hydrogen) atoms. The lowest BCUT2D eigenvalue weighted by molar-refractivity contribution is -0.101. The summed E-state index contributed by atoms with van der Waals surface area (Å²) in [7, 11) is 0. The van der Waals surface area contributed by atoms with Crippen molar-refractivity contribution in [3.8, 4) is 5.75 Å². The van der Waals surface area contributed by atoms with Crippen LogP contribution in [-0.4, -0.2) is 37.5 Å². The highest BCUT2D eigenvalue weighted by molar-refractivity contribution is 5.84. The summed E-state index contributed by atoms with van der Waals surface area (Å²) >= 11 is 0. The highest BCUT2D eigenvalue weighted by atomic mass is 16.6. The lowest BCUT2D eigenvalue weighted by Gasteiger charge is -2.23. The second-order valence-corrected chi connectivity index (χ2v) is 4.20. The standard InChI is InChI=1S/C14H15NO3/c1-4-13-12(3-2-6-15-13)14(5-1)18-10-11-9-16-7-8-17-11/h1-6,11H,7-10H2/t11-/m0/s1. The fourth-order valence-electron chi connectivity index (χ4n) is 2.02. The molecule has 1 atom stereocenters. The molecule has 0 bridgehead atoms. The van der Waals surface area contributed by atoms with Crippen molar-refractivity contribution in [2.75, 3.05) is 26.4 Å². The minimum atomic E-state index is 0.0191. The molecular weight excluding hydrogens is 230 g/mol. The van der Waals surface area contributed by atoms with Crippen LogP contribution in [0.25, 0.3) is 10.9 Å². The molecule has 3 rings (SSSR count). The molecule has 0 radical (unpaired) electrons. The van der Waals surface area contributed by atoms with Crippen LogP contribution < -0.4 is 4.74 Å². The van der Waals surface area contributed by atoms with Gasteiger partial charge in [0, 0.05) is 11.6 Å². The van der Waals surface area contributed by atoms with Gasteiger partial charge < -0.3 is 14.2 Å². The number of rotatable bonds is 3. The lowest BCUT2D eigenvalue weighted by Crippen LogP contribution is -2.33. The average molecular weight is 245 g/mol. The van der Waals surface area contributed by atoms with Crippen LogP contribution in [0.4, 0.5) is 0 Å². The van der Waals surface area contributed by atoms with Gasteiger partial charge in [0.15, 0.2) is 0 Å². The lowest BCUT2D eigenvalue weighted by atomic mass is 10.2. The van der Waals surface area contributed by atoms with Crippen molar-refractivity contribution in [1.29, 1.82) is 0 Å². The van der Waals surface area contributed by atoms with E-state index in [9.17, 15) is 0 Å². The summed E-state index contributed by atoms with van der Waals surface area (Å²) in [5.74, 6) is 0.842. The Hall–Kier alpha value is -1.65. The fourth-order valence-corrected chi connectivity index (χ4v) is 2.02. The highest BCUT2D eigenvalue weighted by Crippen LogP contribution is 2.23. The van der Waals surface area contributed by atoms with Crippen molar-refractivity contribution in [3.63, 3.8) is 0 Å². The van der Waals surface area contributed by atoms with Gasteiger partial charge in [-0.15, -0.1) is 0 Å². The Morgan fingerprint density at radius 1 is 1.22 bits per heavy atom. The summed E-state index contributed by atoms with van der Waals surface area (Å²) in [6.07, 6.45) is 1.80. The molecule has 0 aliphatic carbocycles. The Labute approximate surface area is 105 Å². The van der Waals surface area contributed by atoms with Gasteiger partial charge in [-0.3, -0.25) is 4.98 Å². The predicted molar refractivity (Wildman–Crippen MR) is 67.8 cm³/mol. The Morgan fingerprint density at radius 2 is 2.22 bits per heavy atom. The van der Waals surface area contributed by atoms with Crippen molar-refractivity contribution in [2.45, 2.75) is 6.10 Å². The predicted octanol–water partition coefficient (Wildman–Crippen LogP) is 2.03. The van der Waals surface area contributed by atoms with Crippen LogP contribution in [0.3, 0.4) is 0 Å². The van der Waals surface area contributed by atoms with Crippen molar-refractivity contribution in [2.24, 2.45) is 0 Å². The molecule has 1 aromatic carbocycles. The van der Waals surface area contributed by atoms with Crippen molar-refractivity contribution in [3.05, 3.63) is 36.5 Å². The second-order valence-electron chi connectivity index (χ2n) is 4.20. The molecule has 1 saturated heterocycles. The largest absolute Gasteiger partial charge is 0.490 e. The Morgan fingerprint density at radius 3 is 3.11 bits per heavy atom. The smallest absolute Gasteiger partial charge is 0.128 e. The van der Waals surface area contributed by atoms with E-state index in [1.165, 1.54) is 0 Å². The van der Waals surface area contributed by atoms with Crippen LogP contribution in [0.15, 0.2) is 36.5 Å². The average Bonchev–Trinajstić information content (AvgIpc) is 2.46. The maximum Gasteiger partial charge on any atom is 0.128 e. The van der Waals surface area contributed by atoms with E-state index in [2.05, 4.69) is 4.98 Å². The number of pyridine rings is 1. The first kappa shape index (κ1) is 11.4. The Bertz CT molecular complexity index is 518. The third kappa shape index (κ3) is 2.44. The minimum Gasteiger partial charge on any atom is -0.490 e. The van der Waals surface area contributed by atoms with Gasteiger partial charge >= 0.3 is 0 Å². The first-order chi connectivity index (χ1) is 8.93. The van der Waals surface area contributed by atoms with E-state index >= 15 is 0 Å². The van der Waals surface area contributed by atoms with Crippen LogP contribution in [-0.2, 0) is 9.47 Å². The summed E-state index contributed by atoms with van der Waals surface area (Å²) in [5.41, 5.74) is 0.941. The third-order valence-corrected chi connectivity index (χ3v) is 2.92. The van der Waals surface area contributed by atoms with E-state index in [0.29, 0.717) is 26.4 Å². The van der Waals surface area contributed by atoms with Crippen LogP contribution in [0, 0.1) is 0 Å². The summed E-state index contributed by atoms with van der Waals surface area (Å²) < 4.78 is 16.7. The van der Waals surface area contributed by atoms with Gasteiger partial charge in [0.1, 0.15) is 18.5 Å². The maximum absolute atomic E-state index is 5.81. The van der Waals surface area contributed by atoms with E-state index in [1.54, 1.807) is 6.20 Å². The number of nitrogens with zero attached hydrogens (tertiary/aromatic N) is 1. The summed E-state index contributed by atoms with van der Waals surface area (Å²) in [6.45, 7) is 2.43. The van der Waals surface area contributed by atoms with E-state index in [4.69, 9.17) is 14.2 Å². The molecule has 2 aromatic rings. The maximum atomic E-state index is 5.81. The van der Waals surface area contributed by atoms with Crippen molar-refractivity contribution < 1.29 is 14.2 Å². The van der Waals surface area contributed by atoms with Gasteiger partial charge in [-0.05, 0) is 24.3 Å². The summed E-state index contributed by atoms with van der Waals surface area (Å²) in [5, 5.41) is 1.02. The highest BCUT2D eigenvalue weighted by Gasteiger charge is 2.15. The van der Waals surface area contributed by atoms with Crippen LogP contribution in [0.1, 0.15) is 0 Å². The van der Waals surface area contributed by atoms with Crippen LogP contribution >= 0.6 is 0 Å². The number of fused-ring (bicyclic) bond motifs is 1. The molecule has 4 heteroatoms. The van der Waals surface area contributed by atoms with Gasteiger partial charge in [0.05, 0.1) is 25.3 Å². The topological polar surface area (TPSA) is 40.6 Å². The zero-order valence-corrected chi connectivity index (χ0v) is 10.0. The number of aromatic nitrogens is 1. The van der Waals surface area contributed by atoms with Gasteiger partial charge in [0.2, 0.25) is 0 Å². The first-order valence-corrected chi connectivity index (χ1v) is 6.09. The number of ether oxygens (including phenoxy) is 3. The Kier molecular flexibility index (Phi) is 3.39. The molecule has 1 fully saturated rings. The minimum absolute atomic E-state index is 0.0191. The fraction of sp³-hybridized carbons (Fsp3) is 0.357. The molecule has 2 heterocycles. The molecule has 0 N–H and O–H groups in total. The molecule has 1 aliphatic heterocycles. The van der Waals surface area contributed by atoms with Crippen molar-refractivity contribution in [1.82, 2.24) is 4.98 Å². The zero-order valence-electron chi connectivity index (χ0n) is 10.0. The molecule has 94 valence electrons. The van der Waals surface area contributed by atoms with Crippen LogP contribution in [0.5, 0.6) is 5.75 Å². The SMILES string of the molecule is c1cc(OC[C@@H]2COCCO2)c2cccnc2c1. The van der Waals surface area contributed by atoms with Gasteiger partial charge in [-0.2, -0.15) is 0 Å². The van der Waals surface area contributed by atoms with Crippen LogP contribution in [0.2, 0.25) is 0 Å². The van der Waals surface area contributed by atoms with E-state index < -0.39 is 0 Å². The normalized spacial score (nSPS) is 19.9. The summed E-state index contributed by atoms with van der Waals surface area (Å²) in [6, 6.07) is 9.80. The number of benzene rings is 1. The quantitative estimate of drug-likeness (QED) is 0.829. The zero-order chi connectivity index (χ0) is 12.2. The molecule has 1 aromatic heterocycles. The van der Waals surface area contributed by atoms with E-state index in [-0.39, 0.29) is 6.10 Å². The van der Waals surface area contributed by atoms with Gasteiger partial charge in [-0.25, -0.2) is 0 Å².